The number of phosphoric ester groups is 1. The summed E-state index contributed by atoms with van der Waals surface area (Å²) in [6.45, 7) is 5.53. The molecule has 0 fully saturated rings. The van der Waals surface area contributed by atoms with Gasteiger partial charge in [-0.2, -0.15) is 0 Å². The molecule has 9 heteroatoms. The maximum absolute atomic E-state index is 12.8. The molecule has 0 heterocycles. The van der Waals surface area contributed by atoms with Crippen molar-refractivity contribution in [2.24, 2.45) is 0 Å². The number of nitrogens with zero attached hydrogens (tertiary/aromatic N) is 1. The van der Waals surface area contributed by atoms with Gasteiger partial charge in [0.05, 0.1) is 34.4 Å². The molecule has 8 nitrogen and oxygen atoms in total. The first kappa shape index (κ1) is 68.9. The third-order valence-corrected chi connectivity index (χ3v) is 13.7. The van der Waals surface area contributed by atoms with Gasteiger partial charge in [0.1, 0.15) is 19.3 Å². The van der Waals surface area contributed by atoms with E-state index in [1.54, 1.807) is 0 Å². The number of phosphoric acid groups is 1. The van der Waals surface area contributed by atoms with Gasteiger partial charge < -0.3 is 18.9 Å². The SMILES string of the molecule is CC/C=C\C/C=C\C/C=C\C/C=C\C/C=C\CCCCCCCCCCCCOCC(COP(=O)(O)OCC[N+](C)(C)C)OC(=O)CCCCCCCCCCCCC/C=C\CCCCCCCCCC. The Hall–Kier alpha value is -2.06. The standard InChI is InChI=1S/C62H114NO7P/c1-6-8-10-12-14-16-18-20-22-24-26-28-30-31-32-34-36-38-40-42-44-46-48-50-52-54-57-67-59-61(60-69-71(65,66)68-58-56-63(3,4)5)70-62(64)55-53-51-49-47-45-43-41-39-37-35-33-29-27-25-23-21-19-17-15-13-11-9-7-2/h8,10,14,16,20,22,25-28,31-32,61H,6-7,9,11-13,15,17-19,21,23-24,29-30,33-60H2,1-5H3/p+1/b10-8-,16-14-,22-20-,27-25-,28-26-,32-31-. The van der Waals surface area contributed by atoms with Crippen LogP contribution in [0, 0.1) is 0 Å². The number of unbranched alkanes of at least 4 members (excludes halogenated alkanes) is 29. The van der Waals surface area contributed by atoms with Crippen LogP contribution in [0.3, 0.4) is 0 Å². The summed E-state index contributed by atoms with van der Waals surface area (Å²) in [6, 6.07) is 0. The van der Waals surface area contributed by atoms with Crippen LogP contribution >= 0.6 is 7.82 Å². The van der Waals surface area contributed by atoms with Crippen molar-refractivity contribution >= 4 is 13.8 Å². The van der Waals surface area contributed by atoms with E-state index in [1.807, 2.05) is 21.1 Å². The first-order valence-corrected chi connectivity index (χ1v) is 31.2. The van der Waals surface area contributed by atoms with E-state index in [1.165, 1.54) is 173 Å². The summed E-state index contributed by atoms with van der Waals surface area (Å²) in [4.78, 5) is 23.1. The van der Waals surface area contributed by atoms with Crippen molar-refractivity contribution in [3.8, 4) is 0 Å². The van der Waals surface area contributed by atoms with Gasteiger partial charge in [-0.15, -0.1) is 0 Å². The maximum atomic E-state index is 12.8. The van der Waals surface area contributed by atoms with Crippen molar-refractivity contribution in [3.63, 3.8) is 0 Å². The van der Waals surface area contributed by atoms with Crippen LogP contribution in [0.15, 0.2) is 72.9 Å². The number of quaternary nitrogens is 1. The number of carbonyl (C=O) groups is 1. The topological polar surface area (TPSA) is 91.3 Å². The number of ether oxygens (including phenoxy) is 2. The molecule has 2 atom stereocenters. The summed E-state index contributed by atoms with van der Waals surface area (Å²) in [5.41, 5.74) is 0. The zero-order chi connectivity index (χ0) is 51.9. The first-order chi connectivity index (χ1) is 34.6. The Bertz CT molecular complexity index is 1370. The number of rotatable bonds is 55. The second-order valence-corrected chi connectivity index (χ2v) is 22.4. The van der Waals surface area contributed by atoms with Crippen molar-refractivity contribution < 1.29 is 37.3 Å². The molecule has 71 heavy (non-hydrogen) atoms. The molecule has 0 spiro atoms. The fraction of sp³-hybridized carbons (Fsp3) is 0.790. The summed E-state index contributed by atoms with van der Waals surface area (Å²) in [5, 5.41) is 0. The van der Waals surface area contributed by atoms with E-state index in [2.05, 4.69) is 86.8 Å². The van der Waals surface area contributed by atoms with Crippen LogP contribution in [-0.4, -0.2) is 75.6 Å². The molecule has 0 saturated carbocycles. The lowest BCUT2D eigenvalue weighted by atomic mass is 10.0. The van der Waals surface area contributed by atoms with Crippen LogP contribution in [0.2, 0.25) is 0 Å². The van der Waals surface area contributed by atoms with Crippen LogP contribution < -0.4 is 0 Å². The summed E-state index contributed by atoms with van der Waals surface area (Å²) < 4.78 is 35.3. The highest BCUT2D eigenvalue weighted by Gasteiger charge is 2.26. The van der Waals surface area contributed by atoms with E-state index in [-0.39, 0.29) is 25.8 Å². The monoisotopic (exact) mass is 1020 g/mol. The molecule has 1 N–H and O–H groups in total. The van der Waals surface area contributed by atoms with E-state index >= 15 is 0 Å². The lowest BCUT2D eigenvalue weighted by Crippen LogP contribution is -2.37. The molecule has 0 bridgehead atoms. The predicted molar refractivity (Wildman–Crippen MR) is 307 cm³/mol. The van der Waals surface area contributed by atoms with Gasteiger partial charge >= 0.3 is 13.8 Å². The predicted octanol–water partition coefficient (Wildman–Crippen LogP) is 19.0. The summed E-state index contributed by atoms with van der Waals surface area (Å²) >= 11 is 0. The normalized spacial score (nSPS) is 13.9. The molecule has 0 saturated heterocycles. The number of allylic oxidation sites excluding steroid dienone is 12. The lowest BCUT2D eigenvalue weighted by molar-refractivity contribution is -0.870. The average molecular weight is 1020 g/mol. The number of hydrogen-bond acceptors (Lipinski definition) is 6. The van der Waals surface area contributed by atoms with E-state index in [0.717, 1.165) is 64.2 Å². The average Bonchev–Trinajstić information content (AvgIpc) is 3.33. The Kier molecular flexibility index (Phi) is 52.6. The Morgan fingerprint density at radius 3 is 1.24 bits per heavy atom. The van der Waals surface area contributed by atoms with E-state index in [4.69, 9.17) is 18.5 Å². The molecule has 2 unspecified atom stereocenters. The highest BCUT2D eigenvalue weighted by atomic mass is 31.2. The first-order valence-electron chi connectivity index (χ1n) is 29.7. The molecule has 0 aliphatic carbocycles. The van der Waals surface area contributed by atoms with Gasteiger partial charge in [0.15, 0.2) is 0 Å². The van der Waals surface area contributed by atoms with Crippen LogP contribution in [0.4, 0.5) is 0 Å². The minimum absolute atomic E-state index is 0.0855. The van der Waals surface area contributed by atoms with Crippen LogP contribution in [0.5, 0.6) is 0 Å². The van der Waals surface area contributed by atoms with Crippen molar-refractivity contribution in [2.45, 2.75) is 264 Å². The van der Waals surface area contributed by atoms with Gasteiger partial charge in [-0.05, 0) is 83.5 Å². The largest absolute Gasteiger partial charge is 0.472 e. The summed E-state index contributed by atoms with van der Waals surface area (Å²) in [5.74, 6) is -0.315. The minimum atomic E-state index is -4.29. The third kappa shape index (κ3) is 58.7. The zero-order valence-electron chi connectivity index (χ0n) is 47.2. The highest BCUT2D eigenvalue weighted by molar-refractivity contribution is 7.47. The Labute approximate surface area is 440 Å². The Morgan fingerprint density at radius 1 is 0.451 bits per heavy atom. The van der Waals surface area contributed by atoms with Gasteiger partial charge in [0.25, 0.3) is 0 Å². The molecule has 0 aliphatic heterocycles. The van der Waals surface area contributed by atoms with E-state index in [9.17, 15) is 14.3 Å². The van der Waals surface area contributed by atoms with Crippen LogP contribution in [-0.2, 0) is 27.9 Å². The van der Waals surface area contributed by atoms with E-state index in [0.29, 0.717) is 24.1 Å². The fourth-order valence-electron chi connectivity index (χ4n) is 8.22. The molecule has 0 rings (SSSR count). The molecule has 0 radical (unpaired) electrons. The number of hydrogen-bond donors (Lipinski definition) is 1. The fourth-order valence-corrected chi connectivity index (χ4v) is 8.97. The van der Waals surface area contributed by atoms with Crippen molar-refractivity contribution in [3.05, 3.63) is 72.9 Å². The summed E-state index contributed by atoms with van der Waals surface area (Å²) in [7, 11) is 1.66. The lowest BCUT2D eigenvalue weighted by Gasteiger charge is -2.24. The maximum Gasteiger partial charge on any atom is 0.472 e. The Balaban J connectivity index is 4.07. The smallest absolute Gasteiger partial charge is 0.457 e. The highest BCUT2D eigenvalue weighted by Crippen LogP contribution is 2.43. The Morgan fingerprint density at radius 2 is 0.817 bits per heavy atom. The van der Waals surface area contributed by atoms with Crippen molar-refractivity contribution in [1.82, 2.24) is 0 Å². The van der Waals surface area contributed by atoms with Crippen molar-refractivity contribution in [1.29, 1.82) is 0 Å². The van der Waals surface area contributed by atoms with Gasteiger partial charge in [-0.25, -0.2) is 4.57 Å². The van der Waals surface area contributed by atoms with Gasteiger partial charge in [0, 0.05) is 13.0 Å². The molecular weight excluding hydrogens is 902 g/mol. The quantitative estimate of drug-likeness (QED) is 0.0213. The minimum Gasteiger partial charge on any atom is -0.457 e. The molecule has 414 valence electrons. The molecular formula is C62H115NO7P+. The molecule has 0 aromatic heterocycles. The number of carbonyl (C=O) groups excluding carboxylic acids is 1. The van der Waals surface area contributed by atoms with Gasteiger partial charge in [-0.1, -0.05) is 241 Å². The third-order valence-electron chi connectivity index (χ3n) is 12.8. The van der Waals surface area contributed by atoms with E-state index < -0.39 is 13.9 Å². The zero-order valence-corrected chi connectivity index (χ0v) is 48.1. The number of likely N-dealkylation sites (N-methyl/N-ethyl adjacent to an activating group) is 1. The molecule has 0 aromatic rings. The van der Waals surface area contributed by atoms with Crippen molar-refractivity contribution in [2.75, 3.05) is 54.1 Å². The molecule has 0 aromatic carbocycles. The van der Waals surface area contributed by atoms with Gasteiger partial charge in [0.2, 0.25) is 0 Å². The van der Waals surface area contributed by atoms with Crippen LogP contribution in [0.25, 0.3) is 0 Å². The number of esters is 1. The molecule has 0 amide bonds. The van der Waals surface area contributed by atoms with Crippen LogP contribution in [0.1, 0.15) is 258 Å². The summed E-state index contributed by atoms with van der Waals surface area (Å²) in [6.07, 6.45) is 72.5. The van der Waals surface area contributed by atoms with Gasteiger partial charge in [-0.3, -0.25) is 13.8 Å². The molecule has 0 aliphatic rings. The second kappa shape index (κ2) is 54.2. The second-order valence-electron chi connectivity index (χ2n) is 21.0.